The van der Waals surface area contributed by atoms with Crippen molar-refractivity contribution in [2.45, 2.75) is 263 Å². The van der Waals surface area contributed by atoms with Crippen LogP contribution >= 0.6 is 0 Å². The van der Waals surface area contributed by atoms with Gasteiger partial charge in [-0.05, 0) is 62.7 Å². The molecular weight excluding hydrogens is 2120 g/mol. The van der Waals surface area contributed by atoms with Crippen LogP contribution in [0.3, 0.4) is 0 Å². The maximum absolute atomic E-state index is 10.5. The van der Waals surface area contributed by atoms with E-state index in [0.29, 0.717) is 71.0 Å². The number of unbranched alkanes of at least 4 members (excludes halogenated alkanes) is 9. The summed E-state index contributed by atoms with van der Waals surface area (Å²) in [7, 11) is 48.9. The maximum atomic E-state index is 10.5. The van der Waals surface area contributed by atoms with Gasteiger partial charge in [-0.2, -0.15) is 0 Å². The molecule has 0 bridgehead atoms. The molecule has 0 aromatic rings. The minimum absolute atomic E-state index is 0. The van der Waals surface area contributed by atoms with Gasteiger partial charge in [0.15, 0.2) is 12.6 Å². The summed E-state index contributed by atoms with van der Waals surface area (Å²) < 4.78 is 16.3. The van der Waals surface area contributed by atoms with E-state index >= 15 is 0 Å². The Hall–Kier alpha value is 5.34. The number of aliphatic carboxylic acids is 2. The van der Waals surface area contributed by atoms with E-state index in [9.17, 15) is 55.5 Å². The van der Waals surface area contributed by atoms with Gasteiger partial charge in [0, 0.05) is 396 Å². The zero-order valence-corrected chi connectivity index (χ0v) is 89.6. The third-order valence-corrected chi connectivity index (χ3v) is 75.7. The number of carboxylic acid groups (broad SMARTS) is 2. The molecule has 2 aliphatic heterocycles. The van der Waals surface area contributed by atoms with Gasteiger partial charge in [0.25, 0.3) is 0 Å². The quantitative estimate of drug-likeness (QED) is 0.0238. The Kier molecular flexibility index (Phi) is 96.3. The first-order valence-electron chi connectivity index (χ1n) is 34.1. The number of hydrogen-bond acceptors (Lipinski definition) is 20. The standard InChI is InChI=1S/C20H34O5.C17H30O5.C15H26O4.C6H12O2.CH4.S13.S12.S11/c1-2-3-6-9-15(21)12-13-17-16(18(22)14-19(17)23)10-7-4-5-8-11-20(24)25;1-2-3-4-5-12(18)6-7-13-14(16(20)11-15(13)19)10-17-21-8-9-22-17;1-2-3-4-5-10(16)6-7-11-12-8-15(18)19-14(12)9-13(11)17;1-2-3-4-5-6(7)8;;1-3-5-7-9-11-13-12-10-8-6-4-2;1-3-5-7-9-11-12-10-8-6-4-2;1-3-5-7-9-11-10-8-6-4-2/h4,7,12-13,15-19,21-23H,2-3,5-6,8-11,14H2,1H3,(H,24,25);6-7,12-20H,2-5,8-11H2,1H3;6-7,10-18H,2-5,8-9H2,1H3;2-5H2,1H3,(H,7,8);1H4;;;/b7-4-,13-12+;2*7-6+;;;;;/t15-,16+,17+,18-,19+;12-,13+,14+,15+,16-;10-,11+,12+,13+,14-,15?;;;;;/m000...../s1. The molecule has 1 unspecified atom stereocenters. The summed E-state index contributed by atoms with van der Waals surface area (Å²) in [5, 5.41) is 107. The van der Waals surface area contributed by atoms with E-state index in [0.717, 1.165) is 96.3 Å². The molecular formula is C59H106O16S36. The van der Waals surface area contributed by atoms with E-state index < -0.39 is 67.1 Å². The molecule has 111 heavy (non-hydrogen) atoms. The Morgan fingerprint density at radius 2 is 0.712 bits per heavy atom. The van der Waals surface area contributed by atoms with Crippen LogP contribution in [0.4, 0.5) is 0 Å². The number of carbonyl (C=O) groups is 2. The van der Waals surface area contributed by atoms with Crippen LogP contribution in [-0.2, 0) is 357 Å². The molecule has 16 atom stereocenters. The number of carboxylic acids is 2. The summed E-state index contributed by atoms with van der Waals surface area (Å²) >= 11 is 28.1. The van der Waals surface area contributed by atoms with E-state index in [4.69, 9.17) is 46.8 Å². The second-order valence-electron chi connectivity index (χ2n) is 23.3. The summed E-state index contributed by atoms with van der Waals surface area (Å²) in [6.45, 7) is 9.64. The van der Waals surface area contributed by atoms with Crippen molar-refractivity contribution in [3.8, 4) is 0 Å². The Bertz CT molecular complexity index is 4030. The largest absolute Gasteiger partial charge is 0.481 e. The van der Waals surface area contributed by atoms with Crippen LogP contribution in [0.2, 0.25) is 0 Å². The lowest BCUT2D eigenvalue weighted by Crippen LogP contribution is -2.26. The summed E-state index contributed by atoms with van der Waals surface area (Å²) in [5.41, 5.74) is 0. The lowest BCUT2D eigenvalue weighted by Gasteiger charge is -2.23. The lowest BCUT2D eigenvalue weighted by atomic mass is 9.89. The number of rotatable bonds is 30. The maximum Gasteiger partial charge on any atom is 0.303 e. The van der Waals surface area contributed by atoms with Gasteiger partial charge in [0.05, 0.1) is 68.1 Å². The van der Waals surface area contributed by atoms with Gasteiger partial charge >= 0.3 is 11.9 Å². The van der Waals surface area contributed by atoms with Crippen molar-refractivity contribution >= 4 is 345 Å². The van der Waals surface area contributed by atoms with Gasteiger partial charge < -0.3 is 70.4 Å². The fourth-order valence-corrected chi connectivity index (χ4v) is 76.8. The molecule has 3 aliphatic carbocycles. The van der Waals surface area contributed by atoms with Crippen LogP contribution in [0.5, 0.6) is 0 Å². The Morgan fingerprint density at radius 1 is 0.396 bits per heavy atom. The summed E-state index contributed by atoms with van der Waals surface area (Å²) in [4.78, 5) is 20.3. The van der Waals surface area contributed by atoms with Gasteiger partial charge in [-0.25, -0.2) is 0 Å². The third-order valence-electron chi connectivity index (χ3n) is 15.7. The topological polar surface area (TPSA) is 284 Å². The first kappa shape index (κ1) is 120. The SMILES string of the molecule is C.CCCCCC(=O)O.CCCCC[C@H](O)/C=C/[C@@H]1[C@@H](C/C=C\CCCC(=O)O)[C@@H](O)C[C@H]1O.CCCCC[C@H](O)/C=C/[C@@H]1[C@@H](CC2OCCO2)[C@@H](O)C[C@H]1O.CCCCC[C@H](O)/C=C/[C@@H]1[C@H]2CC(O)O[C@H]2C[C@H]1O.S=S=S=S=S=S=S=S=S=S=S.S=S=S=S=S=S=S=S=S=S=S=S.S=S=S=S=S=S=S=S=S=S=S=S=S. The number of aliphatic hydroxyl groups excluding tert-OH is 9. The zero-order valence-electron chi connectivity index (χ0n) is 60.2. The number of allylic oxidation sites excluding steroid dienone is 2. The van der Waals surface area contributed by atoms with E-state index in [-0.39, 0.29) is 61.7 Å². The molecule has 654 valence electrons. The Labute approximate surface area is 773 Å². The first-order chi connectivity index (χ1) is 53.2. The zero-order chi connectivity index (χ0) is 82.1. The van der Waals surface area contributed by atoms with Crippen molar-refractivity contribution in [1.82, 2.24) is 0 Å². The second-order valence-corrected chi connectivity index (χ2v) is 76.3. The predicted octanol–water partition coefficient (Wildman–Crippen LogP) is 8.44. The minimum atomic E-state index is -0.787. The Morgan fingerprint density at radius 3 is 1.06 bits per heavy atom. The van der Waals surface area contributed by atoms with Crippen LogP contribution in [0.15, 0.2) is 48.6 Å². The molecule has 5 aliphatic rings. The summed E-state index contributed by atoms with van der Waals surface area (Å²) in [5.74, 6) is -1.74. The highest BCUT2D eigenvalue weighted by atomic mass is 33.5. The molecule has 16 nitrogen and oxygen atoms in total. The molecule has 0 radical (unpaired) electrons. The van der Waals surface area contributed by atoms with Gasteiger partial charge in [-0.3, -0.25) is 9.59 Å². The Balaban J connectivity index is -0.00000126. The van der Waals surface area contributed by atoms with E-state index in [1.807, 2.05) is 30.4 Å². The van der Waals surface area contributed by atoms with Crippen molar-refractivity contribution in [2.75, 3.05) is 13.2 Å². The molecule has 0 aromatic heterocycles. The van der Waals surface area contributed by atoms with Crippen molar-refractivity contribution in [3.05, 3.63) is 48.6 Å². The normalized spacial score (nSPS) is 23.0. The van der Waals surface area contributed by atoms with Crippen molar-refractivity contribution in [3.63, 3.8) is 0 Å². The predicted molar refractivity (Wildman–Crippen MR) is 557 cm³/mol. The fraction of sp³-hybridized carbons (Fsp3) is 0.831. The van der Waals surface area contributed by atoms with Crippen LogP contribution in [0.1, 0.15) is 196 Å². The molecule has 0 amide bonds. The summed E-state index contributed by atoms with van der Waals surface area (Å²) in [6.07, 6.45) is 29.7. The minimum Gasteiger partial charge on any atom is -0.481 e. The number of fused-ring (bicyclic) bond motifs is 1. The molecule has 5 fully saturated rings. The highest BCUT2D eigenvalue weighted by Gasteiger charge is 2.48. The molecule has 11 N–H and O–H groups in total. The monoisotopic (exact) mass is 2220 g/mol. The average molecular weight is 2230 g/mol. The number of aliphatic hydroxyl groups is 9. The van der Waals surface area contributed by atoms with E-state index in [2.05, 4.69) is 72.4 Å². The fourth-order valence-electron chi connectivity index (χ4n) is 10.9. The lowest BCUT2D eigenvalue weighted by molar-refractivity contribution is -0.138. The van der Waals surface area contributed by atoms with Gasteiger partial charge in [-0.15, -0.1) is 0 Å². The second kappa shape index (κ2) is 88.8. The molecule has 5 rings (SSSR count). The van der Waals surface area contributed by atoms with Crippen LogP contribution < -0.4 is 0 Å². The molecule has 2 saturated heterocycles. The number of hydrogen-bond donors (Lipinski definition) is 11. The van der Waals surface area contributed by atoms with Crippen LogP contribution in [0.25, 0.3) is 0 Å². The van der Waals surface area contributed by atoms with Crippen molar-refractivity contribution in [2.24, 2.45) is 35.5 Å². The highest BCUT2D eigenvalue weighted by molar-refractivity contribution is 8.77. The molecule has 52 heteroatoms. The van der Waals surface area contributed by atoms with Gasteiger partial charge in [0.1, 0.15) is 0 Å². The first-order valence-corrected chi connectivity index (χ1v) is 78.1. The molecule has 0 aromatic carbocycles. The van der Waals surface area contributed by atoms with Crippen LogP contribution in [0, 0.1) is 35.5 Å². The van der Waals surface area contributed by atoms with E-state index in [1.165, 1.54) is 53.3 Å². The number of ether oxygens (including phenoxy) is 3. The van der Waals surface area contributed by atoms with Crippen molar-refractivity contribution < 1.29 is 80.0 Å². The molecule has 2 heterocycles. The molecule has 0 spiro atoms. The van der Waals surface area contributed by atoms with E-state index in [1.54, 1.807) is 231 Å². The van der Waals surface area contributed by atoms with Crippen molar-refractivity contribution in [1.29, 1.82) is 0 Å². The van der Waals surface area contributed by atoms with Gasteiger partial charge in [-0.1, -0.05) is 154 Å². The molecule has 3 saturated carbocycles. The smallest absolute Gasteiger partial charge is 0.303 e. The summed E-state index contributed by atoms with van der Waals surface area (Å²) in [6, 6.07) is 0. The highest BCUT2D eigenvalue weighted by Crippen LogP contribution is 2.44. The average Bonchev–Trinajstić information content (AvgIpc) is 1.65. The third kappa shape index (κ3) is 72.1. The van der Waals surface area contributed by atoms with Gasteiger partial charge in [0.2, 0.25) is 0 Å². The van der Waals surface area contributed by atoms with Crippen LogP contribution in [-0.4, -0.2) is 149 Å².